The van der Waals surface area contributed by atoms with Crippen LogP contribution < -0.4 is 4.74 Å². The molecule has 6 heteroatoms. The Morgan fingerprint density at radius 1 is 1.00 bits per heavy atom. The summed E-state index contributed by atoms with van der Waals surface area (Å²) in [5, 5.41) is 0.829. The van der Waals surface area contributed by atoms with Gasteiger partial charge >= 0.3 is 0 Å². The van der Waals surface area contributed by atoms with Crippen molar-refractivity contribution in [3.8, 4) is 5.75 Å². The number of ether oxygens (including phenoxy) is 1. The summed E-state index contributed by atoms with van der Waals surface area (Å²) >= 11 is 2.23. The van der Waals surface area contributed by atoms with Crippen molar-refractivity contribution < 1.29 is 14.3 Å². The largest absolute Gasteiger partial charge is 0.497 e. The fourth-order valence-corrected chi connectivity index (χ4v) is 4.13. The van der Waals surface area contributed by atoms with Gasteiger partial charge in [0, 0.05) is 45.4 Å². The van der Waals surface area contributed by atoms with Crippen LogP contribution in [0.25, 0.3) is 10.9 Å². The molecular weight excluding hydrogens is 515 g/mol. The maximum absolute atomic E-state index is 13.3. The molecule has 0 unspecified atom stereocenters. The zero-order valence-corrected chi connectivity index (χ0v) is 21.2. The van der Waals surface area contributed by atoms with E-state index >= 15 is 0 Å². The molecular formula is C26H31IN2O3. The van der Waals surface area contributed by atoms with E-state index in [0.717, 1.165) is 53.2 Å². The van der Waals surface area contributed by atoms with Gasteiger partial charge in [-0.1, -0.05) is 26.7 Å². The monoisotopic (exact) mass is 546 g/mol. The van der Waals surface area contributed by atoms with Crippen LogP contribution in [0.1, 0.15) is 55.5 Å². The van der Waals surface area contributed by atoms with Gasteiger partial charge in [0.1, 0.15) is 12.3 Å². The normalized spacial score (nSPS) is 11.0. The average molecular weight is 546 g/mol. The van der Waals surface area contributed by atoms with Crippen LogP contribution in [0, 0.1) is 3.57 Å². The van der Waals surface area contributed by atoms with Gasteiger partial charge < -0.3 is 14.2 Å². The van der Waals surface area contributed by atoms with Crippen molar-refractivity contribution in [3.63, 3.8) is 0 Å². The van der Waals surface area contributed by atoms with Crippen molar-refractivity contribution in [2.45, 2.75) is 46.1 Å². The zero-order chi connectivity index (χ0) is 23.1. The summed E-state index contributed by atoms with van der Waals surface area (Å²) in [6, 6.07) is 13.2. The Hall–Kier alpha value is -2.35. The Kier molecular flexibility index (Phi) is 8.73. The molecule has 1 amide bonds. The van der Waals surface area contributed by atoms with Crippen LogP contribution in [0.15, 0.2) is 48.7 Å². The fourth-order valence-electron chi connectivity index (χ4n) is 3.77. The molecule has 0 spiro atoms. The van der Waals surface area contributed by atoms with E-state index in [1.807, 2.05) is 58.1 Å². The molecule has 1 aromatic heterocycles. The molecule has 3 aromatic rings. The van der Waals surface area contributed by atoms with Gasteiger partial charge in [0.15, 0.2) is 5.78 Å². The molecule has 0 N–H and O–H groups in total. The molecule has 5 nitrogen and oxygen atoms in total. The second kappa shape index (κ2) is 11.5. The molecule has 32 heavy (non-hydrogen) atoms. The highest BCUT2D eigenvalue weighted by atomic mass is 127. The Bertz CT molecular complexity index is 1060. The highest BCUT2D eigenvalue weighted by Crippen LogP contribution is 2.28. The van der Waals surface area contributed by atoms with Crippen LogP contribution >= 0.6 is 22.6 Å². The number of benzene rings is 2. The number of nitrogens with zero attached hydrogens (tertiary/aromatic N) is 2. The molecule has 0 atom stereocenters. The van der Waals surface area contributed by atoms with E-state index in [1.54, 1.807) is 7.11 Å². The first-order chi connectivity index (χ1) is 15.5. The smallest absolute Gasteiger partial charge is 0.242 e. The Morgan fingerprint density at radius 2 is 1.66 bits per heavy atom. The minimum absolute atomic E-state index is 0.0448. The second-order valence-corrected chi connectivity index (χ2v) is 9.22. The maximum Gasteiger partial charge on any atom is 0.242 e. The second-order valence-electron chi connectivity index (χ2n) is 7.98. The fraction of sp³-hybridized carbons (Fsp3) is 0.385. The Balaban J connectivity index is 1.97. The third kappa shape index (κ3) is 5.71. The summed E-state index contributed by atoms with van der Waals surface area (Å²) in [4.78, 5) is 28.5. The van der Waals surface area contributed by atoms with E-state index in [0.29, 0.717) is 16.9 Å². The van der Waals surface area contributed by atoms with Crippen LogP contribution in [0.3, 0.4) is 0 Å². The lowest BCUT2D eigenvalue weighted by molar-refractivity contribution is -0.131. The van der Waals surface area contributed by atoms with Gasteiger partial charge in [-0.25, -0.2) is 0 Å². The predicted molar refractivity (Wildman–Crippen MR) is 137 cm³/mol. The van der Waals surface area contributed by atoms with E-state index in [9.17, 15) is 9.59 Å². The lowest BCUT2D eigenvalue weighted by Gasteiger charge is -2.23. The number of carbonyl (C=O) groups excluding carboxylic acids is 2. The number of carbonyl (C=O) groups is 2. The summed E-state index contributed by atoms with van der Waals surface area (Å²) in [6.45, 7) is 6.02. The van der Waals surface area contributed by atoms with Crippen molar-refractivity contribution >= 4 is 45.2 Å². The van der Waals surface area contributed by atoms with Gasteiger partial charge in [0.25, 0.3) is 0 Å². The summed E-state index contributed by atoms with van der Waals surface area (Å²) in [5.41, 5.74) is 2.07. The number of hydrogen-bond acceptors (Lipinski definition) is 3. The van der Waals surface area contributed by atoms with Gasteiger partial charge in [-0.3, -0.25) is 9.59 Å². The molecule has 0 aliphatic rings. The topological polar surface area (TPSA) is 51.5 Å². The predicted octanol–water partition coefficient (Wildman–Crippen LogP) is 5.91. The molecule has 0 radical (unpaired) electrons. The number of hydrogen-bond donors (Lipinski definition) is 0. The molecule has 1 heterocycles. The lowest BCUT2D eigenvalue weighted by Crippen LogP contribution is -2.35. The van der Waals surface area contributed by atoms with E-state index < -0.39 is 0 Å². The maximum atomic E-state index is 13.3. The number of ketones is 1. The number of aromatic nitrogens is 1. The summed E-state index contributed by atoms with van der Waals surface area (Å²) < 4.78 is 8.38. The van der Waals surface area contributed by atoms with Crippen LogP contribution in [0.4, 0.5) is 0 Å². The van der Waals surface area contributed by atoms with Gasteiger partial charge in [-0.15, -0.1) is 0 Å². The first-order valence-electron chi connectivity index (χ1n) is 11.2. The summed E-state index contributed by atoms with van der Waals surface area (Å²) in [7, 11) is 1.62. The number of fused-ring (bicyclic) bond motifs is 1. The van der Waals surface area contributed by atoms with Crippen LogP contribution in [-0.2, 0) is 11.3 Å². The van der Waals surface area contributed by atoms with Crippen molar-refractivity contribution in [1.29, 1.82) is 0 Å². The van der Waals surface area contributed by atoms with Crippen LogP contribution in [-0.4, -0.2) is 41.4 Å². The summed E-state index contributed by atoms with van der Waals surface area (Å²) in [6.07, 6.45) is 5.90. The Labute approximate surface area is 203 Å². The van der Waals surface area contributed by atoms with Gasteiger partial charge in [-0.05, 0) is 71.8 Å². The molecule has 3 rings (SSSR count). The summed E-state index contributed by atoms with van der Waals surface area (Å²) in [5.74, 6) is 0.739. The third-order valence-electron chi connectivity index (χ3n) is 5.66. The van der Waals surface area contributed by atoms with Crippen LogP contribution in [0.2, 0.25) is 0 Å². The quantitative estimate of drug-likeness (QED) is 0.222. The molecule has 0 aliphatic carbocycles. The third-order valence-corrected chi connectivity index (χ3v) is 6.38. The molecule has 0 aliphatic heterocycles. The SMILES string of the molecule is CCCCN(CCCC)C(=O)Cn1cc(C(=O)c2ccc(I)cc2)c2ccc(OC)cc21. The van der Waals surface area contributed by atoms with Gasteiger partial charge in [0.2, 0.25) is 5.91 Å². The van der Waals surface area contributed by atoms with E-state index in [-0.39, 0.29) is 18.2 Å². The molecule has 0 saturated carbocycles. The molecule has 170 valence electrons. The number of methoxy groups -OCH3 is 1. The number of halogens is 1. The first kappa shape index (κ1) is 24.3. The van der Waals surface area contributed by atoms with Crippen LogP contribution in [0.5, 0.6) is 5.75 Å². The van der Waals surface area contributed by atoms with Crippen molar-refractivity contribution in [2.24, 2.45) is 0 Å². The van der Waals surface area contributed by atoms with Gasteiger partial charge in [-0.2, -0.15) is 0 Å². The highest BCUT2D eigenvalue weighted by molar-refractivity contribution is 14.1. The van der Waals surface area contributed by atoms with Gasteiger partial charge in [0.05, 0.1) is 12.6 Å². The minimum atomic E-state index is -0.0448. The van der Waals surface area contributed by atoms with E-state index in [1.165, 1.54) is 0 Å². The van der Waals surface area contributed by atoms with E-state index in [2.05, 4.69) is 36.4 Å². The lowest BCUT2D eigenvalue weighted by atomic mass is 10.0. The molecule has 2 aromatic carbocycles. The average Bonchev–Trinajstić information content (AvgIpc) is 3.16. The standard InChI is InChI=1S/C26H31IN2O3/c1-4-6-14-28(15-7-5-2)25(30)18-29-17-23(22-13-12-21(32-3)16-24(22)29)26(31)19-8-10-20(27)11-9-19/h8-13,16-17H,4-7,14-15,18H2,1-3H3. The molecule has 0 saturated heterocycles. The van der Waals surface area contributed by atoms with Crippen molar-refractivity contribution in [3.05, 3.63) is 63.4 Å². The minimum Gasteiger partial charge on any atom is -0.497 e. The van der Waals surface area contributed by atoms with Crippen molar-refractivity contribution in [2.75, 3.05) is 20.2 Å². The molecule has 0 bridgehead atoms. The highest BCUT2D eigenvalue weighted by Gasteiger charge is 2.20. The number of rotatable bonds is 11. The number of unbranched alkanes of at least 4 members (excludes halogenated alkanes) is 2. The Morgan fingerprint density at radius 3 is 2.25 bits per heavy atom. The molecule has 0 fully saturated rings. The first-order valence-corrected chi connectivity index (χ1v) is 12.3. The number of amides is 1. The zero-order valence-electron chi connectivity index (χ0n) is 19.1. The van der Waals surface area contributed by atoms with E-state index in [4.69, 9.17) is 4.74 Å². The van der Waals surface area contributed by atoms with Crippen molar-refractivity contribution in [1.82, 2.24) is 9.47 Å².